The molecule has 5 rings (SSSR count). The molecule has 1 saturated heterocycles. The summed E-state index contributed by atoms with van der Waals surface area (Å²) in [6.07, 6.45) is 5.95. The van der Waals surface area contributed by atoms with Crippen LogP contribution in [0.1, 0.15) is 72.0 Å². The number of carbonyl (C=O) groups excluding carboxylic acids is 2. The molecule has 2 aromatic heterocycles. The average molecular weight is 485 g/mol. The maximum Gasteiger partial charge on any atom is 0.311 e. The average Bonchev–Trinajstić information content (AvgIpc) is 3.68. The Morgan fingerprint density at radius 3 is 2.83 bits per heavy atom. The lowest BCUT2D eigenvalue weighted by atomic mass is 9.88. The van der Waals surface area contributed by atoms with Crippen LogP contribution in [-0.2, 0) is 20.7 Å². The number of hydrogen-bond acceptors (Lipinski definition) is 7. The number of hydrogen-bond donors (Lipinski definition) is 2. The van der Waals surface area contributed by atoms with E-state index < -0.39 is 29.7 Å². The summed E-state index contributed by atoms with van der Waals surface area (Å²) < 4.78 is 31.0. The fourth-order valence-electron chi connectivity index (χ4n) is 5.37. The van der Waals surface area contributed by atoms with Gasteiger partial charge >= 0.3 is 5.97 Å². The molecule has 1 aromatic carbocycles. The number of imidazole rings is 1. The molecule has 0 bridgehead atoms. The van der Waals surface area contributed by atoms with Crippen molar-refractivity contribution in [3.8, 4) is 0 Å². The summed E-state index contributed by atoms with van der Waals surface area (Å²) in [5, 5.41) is 7.00. The number of aromatic amines is 1. The Kier molecular flexibility index (Phi) is 6.55. The molecule has 3 unspecified atom stereocenters. The SMILES string of the molecule is CCc1nocc1C(=O)NC(c1nc2c(F)c(C3COCC3C(=O)OC)ccc2[nH]1)C1CCCC1. The third kappa shape index (κ3) is 4.31. The van der Waals surface area contributed by atoms with E-state index in [0.29, 0.717) is 34.6 Å². The molecule has 9 nitrogen and oxygen atoms in total. The van der Waals surface area contributed by atoms with Crippen molar-refractivity contribution in [3.63, 3.8) is 0 Å². The first-order chi connectivity index (χ1) is 17.0. The molecular weight excluding hydrogens is 455 g/mol. The van der Waals surface area contributed by atoms with Gasteiger partial charge in [0.15, 0.2) is 5.82 Å². The van der Waals surface area contributed by atoms with E-state index in [1.54, 1.807) is 12.1 Å². The number of H-pyrrole nitrogens is 1. The minimum atomic E-state index is -0.563. The summed E-state index contributed by atoms with van der Waals surface area (Å²) in [4.78, 5) is 33.1. The highest BCUT2D eigenvalue weighted by molar-refractivity contribution is 5.95. The molecule has 10 heteroatoms. The van der Waals surface area contributed by atoms with Crippen LogP contribution in [-0.4, -0.2) is 47.3 Å². The molecule has 3 aromatic rings. The van der Waals surface area contributed by atoms with Crippen molar-refractivity contribution in [1.29, 1.82) is 0 Å². The van der Waals surface area contributed by atoms with Crippen LogP contribution in [0.2, 0.25) is 0 Å². The van der Waals surface area contributed by atoms with Crippen LogP contribution >= 0.6 is 0 Å². The zero-order valence-corrected chi connectivity index (χ0v) is 19.8. The molecule has 1 saturated carbocycles. The van der Waals surface area contributed by atoms with E-state index in [0.717, 1.165) is 25.7 Å². The number of esters is 1. The molecule has 1 amide bonds. The zero-order valence-electron chi connectivity index (χ0n) is 19.8. The van der Waals surface area contributed by atoms with E-state index in [4.69, 9.17) is 14.0 Å². The van der Waals surface area contributed by atoms with Crippen molar-refractivity contribution in [1.82, 2.24) is 20.4 Å². The van der Waals surface area contributed by atoms with Crippen LogP contribution in [0.15, 0.2) is 22.9 Å². The van der Waals surface area contributed by atoms with Gasteiger partial charge in [-0.05, 0) is 36.8 Å². The molecule has 186 valence electrons. The summed E-state index contributed by atoms with van der Waals surface area (Å²) in [5.74, 6) is -1.51. The predicted octanol–water partition coefficient (Wildman–Crippen LogP) is 3.82. The minimum absolute atomic E-state index is 0.180. The van der Waals surface area contributed by atoms with Gasteiger partial charge in [0.05, 0.1) is 43.5 Å². The molecule has 2 aliphatic rings. The van der Waals surface area contributed by atoms with Crippen LogP contribution < -0.4 is 5.32 Å². The molecule has 1 aliphatic heterocycles. The first kappa shape index (κ1) is 23.5. The maximum absolute atomic E-state index is 15.7. The van der Waals surface area contributed by atoms with Gasteiger partial charge in [-0.2, -0.15) is 0 Å². The molecule has 3 heterocycles. The fraction of sp³-hybridized carbons (Fsp3) is 0.520. The summed E-state index contributed by atoms with van der Waals surface area (Å²) in [6.45, 7) is 2.33. The summed E-state index contributed by atoms with van der Waals surface area (Å²) in [7, 11) is 1.32. The number of carbonyl (C=O) groups is 2. The Bertz CT molecular complexity index is 1230. The van der Waals surface area contributed by atoms with Crippen molar-refractivity contribution >= 4 is 22.9 Å². The highest BCUT2D eigenvalue weighted by atomic mass is 19.1. The van der Waals surface area contributed by atoms with Crippen LogP contribution in [0.5, 0.6) is 0 Å². The second-order valence-corrected chi connectivity index (χ2v) is 9.28. The summed E-state index contributed by atoms with van der Waals surface area (Å²) in [5.41, 5.74) is 2.08. The number of halogens is 1. The normalized spacial score (nSPS) is 21.5. The van der Waals surface area contributed by atoms with Gasteiger partial charge < -0.3 is 24.3 Å². The van der Waals surface area contributed by atoms with E-state index in [-0.39, 0.29) is 30.6 Å². The second-order valence-electron chi connectivity index (χ2n) is 9.28. The van der Waals surface area contributed by atoms with E-state index in [9.17, 15) is 9.59 Å². The number of fused-ring (bicyclic) bond motifs is 1. The van der Waals surface area contributed by atoms with Gasteiger partial charge in [-0.15, -0.1) is 0 Å². The number of nitrogens with one attached hydrogen (secondary N) is 2. The number of ether oxygens (including phenoxy) is 2. The fourth-order valence-corrected chi connectivity index (χ4v) is 5.37. The van der Waals surface area contributed by atoms with Gasteiger partial charge in [0.25, 0.3) is 5.91 Å². The largest absolute Gasteiger partial charge is 0.469 e. The molecule has 1 aliphatic carbocycles. The standard InChI is InChI=1S/C25H29FN4O5/c1-3-18-17(12-35-30-18)24(31)29-21(13-6-4-5-7-13)23-27-19-9-8-14(20(26)22(19)28-23)15-10-34-11-16(15)25(32)33-2/h8-9,12-13,15-16,21H,3-7,10-11H2,1-2H3,(H,27,28)(H,29,31). The zero-order chi connectivity index (χ0) is 24.5. The summed E-state index contributed by atoms with van der Waals surface area (Å²) in [6, 6.07) is 3.03. The molecule has 3 atom stereocenters. The smallest absolute Gasteiger partial charge is 0.311 e. The Labute approximate surface area is 201 Å². The summed E-state index contributed by atoms with van der Waals surface area (Å²) >= 11 is 0. The van der Waals surface area contributed by atoms with E-state index in [1.165, 1.54) is 13.4 Å². The number of aromatic nitrogens is 3. The number of aryl methyl sites for hydroxylation is 1. The van der Waals surface area contributed by atoms with Crippen molar-refractivity contribution in [2.45, 2.75) is 51.0 Å². The van der Waals surface area contributed by atoms with Crippen molar-refractivity contribution in [2.24, 2.45) is 11.8 Å². The van der Waals surface area contributed by atoms with E-state index >= 15 is 4.39 Å². The lowest BCUT2D eigenvalue weighted by Crippen LogP contribution is -2.33. The first-order valence-corrected chi connectivity index (χ1v) is 12.1. The van der Waals surface area contributed by atoms with Gasteiger partial charge in [-0.25, -0.2) is 9.37 Å². The predicted molar refractivity (Wildman–Crippen MR) is 123 cm³/mol. The van der Waals surface area contributed by atoms with Gasteiger partial charge in [-0.3, -0.25) is 9.59 Å². The Balaban J connectivity index is 1.48. The second kappa shape index (κ2) is 9.77. The van der Waals surface area contributed by atoms with Gasteiger partial charge in [-0.1, -0.05) is 31.0 Å². The monoisotopic (exact) mass is 484 g/mol. The number of amides is 1. The Morgan fingerprint density at radius 1 is 1.29 bits per heavy atom. The number of rotatable bonds is 7. The van der Waals surface area contributed by atoms with Crippen molar-refractivity contribution in [2.75, 3.05) is 20.3 Å². The minimum Gasteiger partial charge on any atom is -0.469 e. The molecule has 0 spiro atoms. The van der Waals surface area contributed by atoms with Crippen LogP contribution in [0.3, 0.4) is 0 Å². The van der Waals surface area contributed by atoms with Crippen molar-refractivity contribution < 1.29 is 28.0 Å². The third-order valence-corrected chi connectivity index (χ3v) is 7.30. The molecular formula is C25H29FN4O5. The maximum atomic E-state index is 15.7. The molecule has 0 radical (unpaired) electrons. The Hall–Kier alpha value is -3.27. The number of nitrogens with zero attached hydrogens (tertiary/aromatic N) is 2. The highest BCUT2D eigenvalue weighted by Crippen LogP contribution is 2.38. The van der Waals surface area contributed by atoms with Gasteiger partial charge in [0.1, 0.15) is 23.2 Å². The molecule has 35 heavy (non-hydrogen) atoms. The number of benzene rings is 1. The number of methoxy groups -OCH3 is 1. The van der Waals surface area contributed by atoms with Crippen LogP contribution in [0, 0.1) is 17.7 Å². The van der Waals surface area contributed by atoms with Crippen LogP contribution in [0.25, 0.3) is 11.0 Å². The van der Waals surface area contributed by atoms with Crippen molar-refractivity contribution in [3.05, 3.63) is 46.9 Å². The molecule has 2 N–H and O–H groups in total. The Morgan fingerprint density at radius 2 is 2.09 bits per heavy atom. The first-order valence-electron chi connectivity index (χ1n) is 12.1. The quantitative estimate of drug-likeness (QED) is 0.489. The lowest BCUT2D eigenvalue weighted by Gasteiger charge is -2.22. The van der Waals surface area contributed by atoms with E-state index in [2.05, 4.69) is 20.4 Å². The van der Waals surface area contributed by atoms with Gasteiger partial charge in [0.2, 0.25) is 0 Å². The van der Waals surface area contributed by atoms with Crippen LogP contribution in [0.4, 0.5) is 4.39 Å². The third-order valence-electron chi connectivity index (χ3n) is 7.30. The lowest BCUT2D eigenvalue weighted by molar-refractivity contribution is -0.145. The highest BCUT2D eigenvalue weighted by Gasteiger charge is 2.38. The van der Waals surface area contributed by atoms with E-state index in [1.807, 2.05) is 6.92 Å². The molecule has 2 fully saturated rings. The van der Waals surface area contributed by atoms with Gasteiger partial charge in [0, 0.05) is 5.92 Å². The topological polar surface area (TPSA) is 119 Å².